The number of esters is 1. The molecule has 1 unspecified atom stereocenters. The van der Waals surface area contributed by atoms with Crippen LogP contribution in [-0.2, 0) is 32.6 Å². The van der Waals surface area contributed by atoms with Crippen molar-refractivity contribution in [3.05, 3.63) is 90.0 Å². The summed E-state index contributed by atoms with van der Waals surface area (Å²) in [7, 11) is -3.62. The van der Waals surface area contributed by atoms with Gasteiger partial charge in [0.05, 0.1) is 10.8 Å². The molecule has 0 bridgehead atoms. The molecule has 0 spiro atoms. The first-order chi connectivity index (χ1) is 18.9. The van der Waals surface area contributed by atoms with Crippen LogP contribution >= 0.6 is 0 Å². The minimum atomic E-state index is -3.62. The molecule has 1 atom stereocenters. The smallest absolute Gasteiger partial charge is 0.309 e. The number of piperidine rings is 1. The van der Waals surface area contributed by atoms with Gasteiger partial charge in [-0.05, 0) is 80.0 Å². The van der Waals surface area contributed by atoms with Crippen molar-refractivity contribution in [2.75, 3.05) is 26.2 Å². The second-order valence-corrected chi connectivity index (χ2v) is 12.7. The summed E-state index contributed by atoms with van der Waals surface area (Å²) in [4.78, 5) is 15.4. The highest BCUT2D eigenvalue weighted by molar-refractivity contribution is 7.89. The standard InChI is InChI=1S/C32H38N2O4S/c1-25-6-5-20-33(25)21-17-26-9-11-28(12-10-26)29-13-15-31(16-14-29)39(36,37)34-22-18-30(19-23-34)32(35)38-24-27-7-3-2-4-8-27/h2-4,7-16,25,30H,5-6,17-24H2,1H3. The minimum absolute atomic E-state index is 0.241. The second kappa shape index (κ2) is 12.5. The Balaban J connectivity index is 1.13. The highest BCUT2D eigenvalue weighted by Gasteiger charge is 2.32. The van der Waals surface area contributed by atoms with Gasteiger partial charge in [-0.15, -0.1) is 0 Å². The Labute approximate surface area is 232 Å². The Morgan fingerprint density at radius 2 is 1.46 bits per heavy atom. The maximum absolute atomic E-state index is 13.3. The van der Waals surface area contributed by atoms with E-state index in [9.17, 15) is 13.2 Å². The average molecular weight is 547 g/mol. The summed E-state index contributed by atoms with van der Waals surface area (Å²) in [6.45, 7) is 5.48. The Hall–Kier alpha value is -3.00. The quantitative estimate of drug-likeness (QED) is 0.331. The van der Waals surface area contributed by atoms with Crippen molar-refractivity contribution in [3.63, 3.8) is 0 Å². The number of carbonyl (C=O) groups excluding carboxylic acids is 1. The van der Waals surface area contributed by atoms with Gasteiger partial charge in [-0.1, -0.05) is 66.7 Å². The van der Waals surface area contributed by atoms with Crippen LogP contribution < -0.4 is 0 Å². The van der Waals surface area contributed by atoms with Gasteiger partial charge in [0.25, 0.3) is 0 Å². The van der Waals surface area contributed by atoms with Gasteiger partial charge in [-0.2, -0.15) is 4.31 Å². The molecule has 7 heteroatoms. The Morgan fingerprint density at radius 1 is 0.821 bits per heavy atom. The van der Waals surface area contributed by atoms with E-state index in [1.165, 1.54) is 29.3 Å². The van der Waals surface area contributed by atoms with E-state index in [1.54, 1.807) is 12.1 Å². The zero-order chi connectivity index (χ0) is 27.2. The van der Waals surface area contributed by atoms with Gasteiger partial charge in [-0.25, -0.2) is 8.42 Å². The lowest BCUT2D eigenvalue weighted by Crippen LogP contribution is -2.40. The largest absolute Gasteiger partial charge is 0.461 e. The fourth-order valence-corrected chi connectivity index (χ4v) is 7.08. The number of ether oxygens (including phenoxy) is 1. The van der Waals surface area contributed by atoms with Crippen molar-refractivity contribution in [2.24, 2.45) is 5.92 Å². The van der Waals surface area contributed by atoms with Crippen molar-refractivity contribution >= 4 is 16.0 Å². The molecule has 2 heterocycles. The van der Waals surface area contributed by atoms with Gasteiger partial charge < -0.3 is 9.64 Å². The van der Waals surface area contributed by atoms with Crippen molar-refractivity contribution < 1.29 is 17.9 Å². The van der Waals surface area contributed by atoms with Crippen LogP contribution in [0.25, 0.3) is 11.1 Å². The molecule has 2 fully saturated rings. The Kier molecular flexibility index (Phi) is 8.80. The minimum Gasteiger partial charge on any atom is -0.461 e. The van der Waals surface area contributed by atoms with Crippen LogP contribution in [0.3, 0.4) is 0 Å². The highest BCUT2D eigenvalue weighted by atomic mass is 32.2. The molecule has 0 aliphatic carbocycles. The van der Waals surface area contributed by atoms with Crippen LogP contribution in [0, 0.1) is 5.92 Å². The first-order valence-corrected chi connectivity index (χ1v) is 15.5. The number of nitrogens with zero attached hydrogens (tertiary/aromatic N) is 2. The summed E-state index contributed by atoms with van der Waals surface area (Å²) in [6.07, 6.45) is 4.58. The van der Waals surface area contributed by atoms with Gasteiger partial charge in [0, 0.05) is 25.7 Å². The number of hydrogen-bond acceptors (Lipinski definition) is 5. The second-order valence-electron chi connectivity index (χ2n) is 10.8. The normalized spacial score (nSPS) is 19.3. The fourth-order valence-electron chi connectivity index (χ4n) is 5.61. The molecule has 206 valence electrons. The summed E-state index contributed by atoms with van der Waals surface area (Å²) in [5, 5.41) is 0. The van der Waals surface area contributed by atoms with Crippen LogP contribution in [0.15, 0.2) is 83.8 Å². The van der Waals surface area contributed by atoms with E-state index in [1.807, 2.05) is 42.5 Å². The monoisotopic (exact) mass is 546 g/mol. The lowest BCUT2D eigenvalue weighted by molar-refractivity contribution is -0.151. The third-order valence-electron chi connectivity index (χ3n) is 8.17. The maximum Gasteiger partial charge on any atom is 0.309 e. The van der Waals surface area contributed by atoms with E-state index in [0.717, 1.165) is 29.7 Å². The molecule has 6 nitrogen and oxygen atoms in total. The summed E-state index contributed by atoms with van der Waals surface area (Å²) < 4.78 is 33.5. The summed E-state index contributed by atoms with van der Waals surface area (Å²) >= 11 is 0. The topological polar surface area (TPSA) is 66.9 Å². The zero-order valence-corrected chi connectivity index (χ0v) is 23.5. The molecule has 0 N–H and O–H groups in total. The number of rotatable bonds is 9. The van der Waals surface area contributed by atoms with Crippen LogP contribution in [-0.4, -0.2) is 55.8 Å². The van der Waals surface area contributed by atoms with E-state index in [2.05, 4.69) is 36.1 Å². The molecule has 3 aromatic carbocycles. The molecule has 2 aliphatic rings. The molecular weight excluding hydrogens is 508 g/mol. The first kappa shape index (κ1) is 27.6. The van der Waals surface area contributed by atoms with Crippen LogP contribution in [0.1, 0.15) is 43.7 Å². The molecule has 0 radical (unpaired) electrons. The van der Waals surface area contributed by atoms with E-state index < -0.39 is 10.0 Å². The predicted molar refractivity (Wildman–Crippen MR) is 154 cm³/mol. The molecule has 39 heavy (non-hydrogen) atoms. The number of sulfonamides is 1. The van der Waals surface area contributed by atoms with Crippen molar-refractivity contribution in [1.29, 1.82) is 0 Å². The molecule has 0 saturated carbocycles. The molecule has 3 aromatic rings. The average Bonchev–Trinajstić information content (AvgIpc) is 3.40. The Morgan fingerprint density at radius 3 is 2.08 bits per heavy atom. The molecule has 5 rings (SSSR count). The number of benzene rings is 3. The summed E-state index contributed by atoms with van der Waals surface area (Å²) in [5.74, 6) is -0.527. The molecule has 2 saturated heterocycles. The lowest BCUT2D eigenvalue weighted by atomic mass is 9.98. The number of likely N-dealkylation sites (tertiary alicyclic amines) is 1. The van der Waals surface area contributed by atoms with Crippen molar-refractivity contribution in [1.82, 2.24) is 9.21 Å². The molecular formula is C32H38N2O4S. The third-order valence-corrected chi connectivity index (χ3v) is 10.1. The van der Waals surface area contributed by atoms with E-state index in [0.29, 0.717) is 32.0 Å². The number of carbonyl (C=O) groups is 1. The van der Waals surface area contributed by atoms with Gasteiger partial charge >= 0.3 is 5.97 Å². The van der Waals surface area contributed by atoms with E-state index in [4.69, 9.17) is 4.74 Å². The van der Waals surface area contributed by atoms with Crippen molar-refractivity contribution in [2.45, 2.75) is 56.6 Å². The lowest BCUT2D eigenvalue weighted by Gasteiger charge is -2.30. The third kappa shape index (κ3) is 6.78. The van der Waals surface area contributed by atoms with E-state index in [-0.39, 0.29) is 23.4 Å². The molecule has 0 aromatic heterocycles. The van der Waals surface area contributed by atoms with Crippen LogP contribution in [0.4, 0.5) is 0 Å². The fraction of sp³-hybridized carbons (Fsp3) is 0.406. The predicted octanol–water partition coefficient (Wildman–Crippen LogP) is 5.52. The summed E-state index contributed by atoms with van der Waals surface area (Å²) in [6, 6.07) is 26.0. The zero-order valence-electron chi connectivity index (χ0n) is 22.7. The van der Waals surface area contributed by atoms with Gasteiger partial charge in [0.2, 0.25) is 10.0 Å². The Bertz CT molecular complexity index is 1330. The SMILES string of the molecule is CC1CCCN1CCc1ccc(-c2ccc(S(=O)(=O)N3CCC(C(=O)OCc4ccccc4)CC3)cc2)cc1. The van der Waals surface area contributed by atoms with Crippen LogP contribution in [0.5, 0.6) is 0 Å². The van der Waals surface area contributed by atoms with Gasteiger partial charge in [-0.3, -0.25) is 4.79 Å². The first-order valence-electron chi connectivity index (χ1n) is 14.0. The highest BCUT2D eigenvalue weighted by Crippen LogP contribution is 2.27. The van der Waals surface area contributed by atoms with Gasteiger partial charge in [0.1, 0.15) is 6.61 Å². The molecule has 0 amide bonds. The van der Waals surface area contributed by atoms with Gasteiger partial charge in [0.15, 0.2) is 0 Å². The molecule has 2 aliphatic heterocycles. The summed E-state index contributed by atoms with van der Waals surface area (Å²) in [5.41, 5.74) is 4.34. The maximum atomic E-state index is 13.3. The van der Waals surface area contributed by atoms with Crippen molar-refractivity contribution in [3.8, 4) is 11.1 Å². The number of hydrogen-bond donors (Lipinski definition) is 0. The van der Waals surface area contributed by atoms with E-state index >= 15 is 0 Å². The van der Waals surface area contributed by atoms with Crippen LogP contribution in [0.2, 0.25) is 0 Å².